The van der Waals surface area contributed by atoms with Crippen LogP contribution in [0.25, 0.3) is 11.2 Å². The van der Waals surface area contributed by atoms with Crippen LogP contribution in [-0.4, -0.2) is 19.9 Å². The molecule has 0 fully saturated rings. The summed E-state index contributed by atoms with van der Waals surface area (Å²) in [4.78, 5) is 16.2. The Hall–Kier alpha value is -3.48. The van der Waals surface area contributed by atoms with Gasteiger partial charge >= 0.3 is 0 Å². The van der Waals surface area contributed by atoms with E-state index in [2.05, 4.69) is 30.6 Å². The van der Waals surface area contributed by atoms with Crippen LogP contribution in [0.4, 0.5) is 16.2 Å². The summed E-state index contributed by atoms with van der Waals surface area (Å²) < 4.78 is 13.0. The molecule has 26 heavy (non-hydrogen) atoms. The summed E-state index contributed by atoms with van der Waals surface area (Å²) in [7, 11) is 0. The summed E-state index contributed by atoms with van der Waals surface area (Å²) in [6.07, 6.45) is 1.59. The number of hydrogen-bond donors (Lipinski definition) is 3. The van der Waals surface area contributed by atoms with Gasteiger partial charge in [0.05, 0.1) is 6.33 Å². The van der Waals surface area contributed by atoms with E-state index in [1.807, 2.05) is 30.3 Å². The third-order valence-electron chi connectivity index (χ3n) is 3.95. The lowest BCUT2D eigenvalue weighted by Gasteiger charge is -2.10. The second-order valence-electron chi connectivity index (χ2n) is 5.82. The molecule has 2 aromatic carbocycles. The molecule has 2 heterocycles. The van der Waals surface area contributed by atoms with Crippen LogP contribution in [0.1, 0.15) is 11.1 Å². The smallest absolute Gasteiger partial charge is 0.227 e. The number of aromatic nitrogens is 4. The number of nitrogens with zero attached hydrogens (tertiary/aromatic N) is 3. The zero-order valence-corrected chi connectivity index (χ0v) is 13.9. The Morgan fingerprint density at radius 1 is 0.846 bits per heavy atom. The van der Waals surface area contributed by atoms with E-state index in [4.69, 9.17) is 0 Å². The number of imidazole rings is 1. The van der Waals surface area contributed by atoms with E-state index in [1.165, 1.54) is 12.1 Å². The Morgan fingerprint density at radius 2 is 1.58 bits per heavy atom. The number of halogens is 1. The number of aromatic amines is 1. The van der Waals surface area contributed by atoms with Gasteiger partial charge in [0.15, 0.2) is 11.5 Å². The molecule has 4 rings (SSSR count). The van der Waals surface area contributed by atoms with Crippen LogP contribution in [0.5, 0.6) is 0 Å². The molecule has 0 amide bonds. The lowest BCUT2D eigenvalue weighted by atomic mass is 10.2. The highest BCUT2D eigenvalue weighted by Crippen LogP contribution is 2.19. The van der Waals surface area contributed by atoms with Crippen molar-refractivity contribution in [3.63, 3.8) is 0 Å². The molecule has 130 valence electrons. The molecule has 7 heteroatoms. The molecular weight excluding hydrogens is 331 g/mol. The van der Waals surface area contributed by atoms with Crippen molar-refractivity contribution in [1.82, 2.24) is 19.9 Å². The zero-order chi connectivity index (χ0) is 17.8. The average Bonchev–Trinajstić information content (AvgIpc) is 3.15. The first kappa shape index (κ1) is 16.0. The first-order valence-corrected chi connectivity index (χ1v) is 8.25. The number of hydrogen-bond acceptors (Lipinski definition) is 5. The van der Waals surface area contributed by atoms with Gasteiger partial charge < -0.3 is 15.6 Å². The highest BCUT2D eigenvalue weighted by molar-refractivity contribution is 5.83. The second-order valence-corrected chi connectivity index (χ2v) is 5.82. The fourth-order valence-electron chi connectivity index (χ4n) is 2.61. The molecule has 0 aliphatic rings. The van der Waals surface area contributed by atoms with Gasteiger partial charge in [-0.1, -0.05) is 42.5 Å². The third-order valence-corrected chi connectivity index (χ3v) is 3.95. The predicted molar refractivity (Wildman–Crippen MR) is 99.2 cm³/mol. The van der Waals surface area contributed by atoms with Gasteiger partial charge in [0.25, 0.3) is 0 Å². The quantitative estimate of drug-likeness (QED) is 0.495. The van der Waals surface area contributed by atoms with Crippen LogP contribution in [0, 0.1) is 5.82 Å². The Labute approximate surface area is 149 Å². The Bertz CT molecular complexity index is 998. The van der Waals surface area contributed by atoms with Crippen LogP contribution in [-0.2, 0) is 13.1 Å². The minimum Gasteiger partial charge on any atom is -0.364 e. The molecule has 0 aliphatic carbocycles. The van der Waals surface area contributed by atoms with E-state index >= 15 is 0 Å². The molecule has 0 saturated carbocycles. The van der Waals surface area contributed by atoms with Gasteiger partial charge in [0, 0.05) is 13.1 Å². The monoisotopic (exact) mass is 348 g/mol. The standard InChI is InChI=1S/C19H17FN6/c20-15-8-6-14(7-9-15)11-22-19-25-17(16-18(26-19)24-12-23-16)21-10-13-4-2-1-3-5-13/h1-9,12H,10-11H2,(H3,21,22,23,24,25,26). The molecular formula is C19H17FN6. The van der Waals surface area contributed by atoms with Crippen molar-refractivity contribution in [2.75, 3.05) is 10.6 Å². The van der Waals surface area contributed by atoms with Crippen molar-refractivity contribution in [2.24, 2.45) is 0 Å². The molecule has 2 aromatic heterocycles. The Morgan fingerprint density at radius 3 is 2.38 bits per heavy atom. The van der Waals surface area contributed by atoms with Crippen molar-refractivity contribution in [2.45, 2.75) is 13.1 Å². The molecule has 0 spiro atoms. The van der Waals surface area contributed by atoms with Gasteiger partial charge in [-0.05, 0) is 23.3 Å². The van der Waals surface area contributed by atoms with E-state index in [0.29, 0.717) is 30.5 Å². The molecule has 6 nitrogen and oxygen atoms in total. The first-order chi connectivity index (χ1) is 12.8. The zero-order valence-electron chi connectivity index (χ0n) is 13.9. The average molecular weight is 348 g/mol. The Balaban J connectivity index is 1.53. The molecule has 0 aliphatic heterocycles. The maximum Gasteiger partial charge on any atom is 0.227 e. The van der Waals surface area contributed by atoms with Crippen LogP contribution >= 0.6 is 0 Å². The van der Waals surface area contributed by atoms with Crippen molar-refractivity contribution in [1.29, 1.82) is 0 Å². The second kappa shape index (κ2) is 7.18. The van der Waals surface area contributed by atoms with Gasteiger partial charge in [-0.25, -0.2) is 9.37 Å². The fraction of sp³-hybridized carbons (Fsp3) is 0.105. The third kappa shape index (κ3) is 3.61. The summed E-state index contributed by atoms with van der Waals surface area (Å²) in [5, 5.41) is 6.49. The van der Waals surface area contributed by atoms with E-state index < -0.39 is 0 Å². The van der Waals surface area contributed by atoms with Crippen LogP contribution in [0.3, 0.4) is 0 Å². The molecule has 0 unspecified atom stereocenters. The van der Waals surface area contributed by atoms with Gasteiger partial charge in [-0.15, -0.1) is 0 Å². The molecule has 0 bridgehead atoms. The number of rotatable bonds is 6. The van der Waals surface area contributed by atoms with E-state index in [1.54, 1.807) is 18.5 Å². The number of fused-ring (bicyclic) bond motifs is 1. The molecule has 3 N–H and O–H groups in total. The minimum atomic E-state index is -0.254. The minimum absolute atomic E-state index is 0.254. The lowest BCUT2D eigenvalue weighted by Crippen LogP contribution is -2.08. The Kier molecular flexibility index (Phi) is 4.42. The predicted octanol–water partition coefficient (Wildman–Crippen LogP) is 3.72. The number of H-pyrrole nitrogens is 1. The van der Waals surface area contributed by atoms with E-state index in [9.17, 15) is 4.39 Å². The van der Waals surface area contributed by atoms with E-state index in [0.717, 1.165) is 16.6 Å². The maximum atomic E-state index is 13.0. The summed E-state index contributed by atoms with van der Waals surface area (Å²) in [6, 6.07) is 16.4. The number of anilines is 2. The van der Waals surface area contributed by atoms with Crippen molar-refractivity contribution < 1.29 is 4.39 Å². The largest absolute Gasteiger partial charge is 0.364 e. The van der Waals surface area contributed by atoms with Gasteiger partial charge in [-0.3, -0.25) is 0 Å². The van der Waals surface area contributed by atoms with Crippen LogP contribution in [0.2, 0.25) is 0 Å². The van der Waals surface area contributed by atoms with E-state index in [-0.39, 0.29) is 5.82 Å². The highest BCUT2D eigenvalue weighted by atomic mass is 19.1. The van der Waals surface area contributed by atoms with Crippen molar-refractivity contribution in [3.8, 4) is 0 Å². The van der Waals surface area contributed by atoms with Crippen LogP contribution < -0.4 is 10.6 Å². The normalized spacial score (nSPS) is 10.8. The summed E-state index contributed by atoms with van der Waals surface area (Å²) in [5.74, 6) is 0.887. The SMILES string of the molecule is Fc1ccc(CNc2nc(NCc3ccccc3)c3[nH]cnc3n2)cc1. The van der Waals surface area contributed by atoms with Crippen molar-refractivity contribution in [3.05, 3.63) is 77.9 Å². The van der Waals surface area contributed by atoms with Crippen LogP contribution in [0.15, 0.2) is 60.9 Å². The molecule has 0 saturated heterocycles. The van der Waals surface area contributed by atoms with Gasteiger partial charge in [0.2, 0.25) is 5.95 Å². The summed E-state index contributed by atoms with van der Waals surface area (Å²) in [5.41, 5.74) is 3.43. The molecule has 0 radical (unpaired) electrons. The van der Waals surface area contributed by atoms with Gasteiger partial charge in [-0.2, -0.15) is 9.97 Å². The molecule has 0 atom stereocenters. The maximum absolute atomic E-state index is 13.0. The topological polar surface area (TPSA) is 78.5 Å². The summed E-state index contributed by atoms with van der Waals surface area (Å²) in [6.45, 7) is 1.14. The molecule has 4 aromatic rings. The van der Waals surface area contributed by atoms with Gasteiger partial charge in [0.1, 0.15) is 11.3 Å². The highest BCUT2D eigenvalue weighted by Gasteiger charge is 2.10. The lowest BCUT2D eigenvalue weighted by molar-refractivity contribution is 0.627. The fourth-order valence-corrected chi connectivity index (χ4v) is 2.61. The summed E-state index contributed by atoms with van der Waals surface area (Å²) >= 11 is 0. The number of benzene rings is 2. The number of nitrogens with one attached hydrogen (secondary N) is 3. The first-order valence-electron chi connectivity index (χ1n) is 8.25. The van der Waals surface area contributed by atoms with Crippen molar-refractivity contribution >= 4 is 22.9 Å².